The summed E-state index contributed by atoms with van der Waals surface area (Å²) in [5.74, 6) is 0.999. The van der Waals surface area contributed by atoms with Crippen LogP contribution in [0.2, 0.25) is 0 Å². The Labute approximate surface area is 138 Å². The van der Waals surface area contributed by atoms with E-state index in [4.69, 9.17) is 0 Å². The number of para-hydroxylation sites is 2. The summed E-state index contributed by atoms with van der Waals surface area (Å²) < 4.78 is 40.2. The number of nitrogens with one attached hydrogen (secondary N) is 1. The van der Waals surface area contributed by atoms with Crippen LogP contribution in [0.3, 0.4) is 0 Å². The third kappa shape index (κ3) is 2.62. The van der Waals surface area contributed by atoms with Crippen LogP contribution < -0.4 is 0 Å². The van der Waals surface area contributed by atoms with Gasteiger partial charge in [0.05, 0.1) is 16.6 Å². The number of alkyl halides is 3. The second-order valence-electron chi connectivity index (χ2n) is 5.25. The first-order chi connectivity index (χ1) is 11.5. The van der Waals surface area contributed by atoms with Crippen LogP contribution in [-0.4, -0.2) is 19.6 Å². The Morgan fingerprint density at radius 2 is 1.92 bits per heavy atom. The predicted molar refractivity (Wildman–Crippen MR) is 85.8 cm³/mol. The van der Waals surface area contributed by atoms with Gasteiger partial charge in [-0.05, 0) is 23.8 Å². The minimum atomic E-state index is -4.33. The van der Waals surface area contributed by atoms with E-state index in [2.05, 4.69) is 15.2 Å². The number of hydrogen-bond acceptors (Lipinski definition) is 3. The van der Waals surface area contributed by atoms with E-state index in [1.54, 1.807) is 6.07 Å². The van der Waals surface area contributed by atoms with Crippen molar-refractivity contribution in [1.29, 1.82) is 0 Å². The minimum Gasteiger partial charge on any atom is -0.254 e. The average molecular weight is 348 g/mol. The van der Waals surface area contributed by atoms with E-state index >= 15 is 0 Å². The first-order valence-corrected chi connectivity index (χ1v) is 8.11. The Kier molecular flexibility index (Phi) is 3.49. The molecule has 0 saturated carbocycles. The first kappa shape index (κ1) is 15.1. The Morgan fingerprint density at radius 3 is 2.75 bits per heavy atom. The van der Waals surface area contributed by atoms with Crippen LogP contribution in [-0.2, 0) is 11.9 Å². The number of H-pyrrole nitrogens is 1. The number of fused-ring (bicyclic) bond motifs is 3. The normalized spacial score (nSPS) is 12.3. The molecule has 1 N–H and O–H groups in total. The van der Waals surface area contributed by atoms with E-state index in [-0.39, 0.29) is 0 Å². The van der Waals surface area contributed by atoms with Gasteiger partial charge in [0, 0.05) is 5.75 Å². The summed E-state index contributed by atoms with van der Waals surface area (Å²) in [7, 11) is 0. The van der Waals surface area contributed by atoms with Crippen molar-refractivity contribution in [1.82, 2.24) is 19.6 Å². The summed E-state index contributed by atoms with van der Waals surface area (Å²) in [5, 5.41) is 7.72. The maximum Gasteiger partial charge on any atom is 0.416 e. The summed E-state index contributed by atoms with van der Waals surface area (Å²) >= 11 is 1.36. The number of aromatic amines is 1. The lowest BCUT2D eigenvalue weighted by molar-refractivity contribution is -0.137. The molecule has 2 heterocycles. The molecule has 0 radical (unpaired) electrons. The Balaban J connectivity index is 1.64. The number of nitrogens with zero attached hydrogens (tertiary/aromatic N) is 3. The maximum atomic E-state index is 12.8. The van der Waals surface area contributed by atoms with Crippen LogP contribution in [0.4, 0.5) is 13.2 Å². The fourth-order valence-electron chi connectivity index (χ4n) is 2.52. The Morgan fingerprint density at radius 1 is 1.08 bits per heavy atom. The third-order valence-corrected chi connectivity index (χ3v) is 4.64. The van der Waals surface area contributed by atoms with E-state index in [1.165, 1.54) is 23.9 Å². The molecule has 0 aliphatic carbocycles. The second kappa shape index (κ2) is 5.55. The van der Waals surface area contributed by atoms with Gasteiger partial charge in [-0.1, -0.05) is 42.1 Å². The van der Waals surface area contributed by atoms with Gasteiger partial charge in [-0.15, -0.1) is 5.10 Å². The third-order valence-electron chi connectivity index (χ3n) is 3.63. The van der Waals surface area contributed by atoms with Gasteiger partial charge in [-0.2, -0.15) is 13.2 Å². The molecule has 0 atom stereocenters. The summed E-state index contributed by atoms with van der Waals surface area (Å²) in [6.07, 6.45) is -4.33. The molecule has 0 fully saturated rings. The van der Waals surface area contributed by atoms with Crippen LogP contribution in [0.15, 0.2) is 53.7 Å². The SMILES string of the molecule is FC(F)(F)c1cccc(CSc2n[nH]c3nc4ccccc4n23)c1. The van der Waals surface area contributed by atoms with E-state index in [9.17, 15) is 13.2 Å². The van der Waals surface area contributed by atoms with Gasteiger partial charge in [0.15, 0.2) is 5.16 Å². The number of aromatic nitrogens is 4. The largest absolute Gasteiger partial charge is 0.416 e. The summed E-state index contributed by atoms with van der Waals surface area (Å²) in [6, 6.07) is 13.0. The number of thioether (sulfide) groups is 1. The molecular weight excluding hydrogens is 337 g/mol. The van der Waals surface area contributed by atoms with Crippen LogP contribution in [0.1, 0.15) is 11.1 Å². The van der Waals surface area contributed by atoms with Crippen LogP contribution in [0.5, 0.6) is 0 Å². The molecule has 24 heavy (non-hydrogen) atoms. The Bertz CT molecular complexity index is 1020. The van der Waals surface area contributed by atoms with Gasteiger partial charge in [-0.3, -0.25) is 4.40 Å². The molecule has 0 unspecified atom stereocenters. The fraction of sp³-hybridized carbons (Fsp3) is 0.125. The van der Waals surface area contributed by atoms with Gasteiger partial charge in [0.25, 0.3) is 0 Å². The van der Waals surface area contributed by atoms with Crippen molar-refractivity contribution < 1.29 is 13.2 Å². The quantitative estimate of drug-likeness (QED) is 0.554. The highest BCUT2D eigenvalue weighted by molar-refractivity contribution is 7.98. The van der Waals surface area contributed by atoms with Crippen molar-refractivity contribution in [2.75, 3.05) is 0 Å². The summed E-state index contributed by atoms with van der Waals surface area (Å²) in [6.45, 7) is 0. The van der Waals surface area contributed by atoms with Gasteiger partial charge in [0.2, 0.25) is 5.78 Å². The molecule has 4 rings (SSSR count). The van der Waals surface area contributed by atoms with Gasteiger partial charge in [0.1, 0.15) is 0 Å². The maximum absolute atomic E-state index is 12.8. The van der Waals surface area contributed by atoms with Crippen molar-refractivity contribution >= 4 is 28.6 Å². The van der Waals surface area contributed by atoms with Crippen LogP contribution >= 0.6 is 11.8 Å². The number of rotatable bonds is 3. The molecular formula is C16H11F3N4S. The van der Waals surface area contributed by atoms with Crippen molar-refractivity contribution in [3.63, 3.8) is 0 Å². The van der Waals surface area contributed by atoms with Crippen molar-refractivity contribution in [3.05, 3.63) is 59.7 Å². The number of halogens is 3. The number of imidazole rings is 1. The highest BCUT2D eigenvalue weighted by Crippen LogP contribution is 2.31. The molecule has 0 spiro atoms. The van der Waals surface area contributed by atoms with Gasteiger partial charge >= 0.3 is 6.18 Å². The lowest BCUT2D eigenvalue weighted by Gasteiger charge is -2.08. The molecule has 2 aromatic carbocycles. The van der Waals surface area contributed by atoms with E-state index in [1.807, 2.05) is 28.7 Å². The average Bonchev–Trinajstić information content (AvgIpc) is 3.11. The topological polar surface area (TPSA) is 46.0 Å². The van der Waals surface area contributed by atoms with Gasteiger partial charge in [-0.25, -0.2) is 10.1 Å². The molecule has 4 nitrogen and oxygen atoms in total. The fourth-order valence-corrected chi connectivity index (χ4v) is 3.42. The zero-order valence-electron chi connectivity index (χ0n) is 12.2. The lowest BCUT2D eigenvalue weighted by atomic mass is 10.1. The van der Waals surface area contributed by atoms with Crippen molar-refractivity contribution in [3.8, 4) is 0 Å². The zero-order valence-corrected chi connectivity index (χ0v) is 13.0. The van der Waals surface area contributed by atoms with E-state index < -0.39 is 11.7 Å². The smallest absolute Gasteiger partial charge is 0.254 e. The molecule has 0 aliphatic rings. The van der Waals surface area contributed by atoms with Crippen molar-refractivity contribution in [2.24, 2.45) is 0 Å². The summed E-state index contributed by atoms with van der Waals surface area (Å²) in [5.41, 5.74) is 1.70. The zero-order chi connectivity index (χ0) is 16.7. The highest BCUT2D eigenvalue weighted by atomic mass is 32.2. The first-order valence-electron chi connectivity index (χ1n) is 7.13. The van der Waals surface area contributed by atoms with E-state index in [0.717, 1.165) is 17.1 Å². The van der Waals surface area contributed by atoms with Crippen LogP contribution in [0.25, 0.3) is 16.8 Å². The molecule has 0 saturated heterocycles. The number of hydrogen-bond donors (Lipinski definition) is 1. The Hall–Kier alpha value is -2.48. The molecule has 2 aromatic heterocycles. The predicted octanol–water partition coefficient (Wildman–Crippen LogP) is 4.52. The standard InChI is InChI=1S/C16H11F3N4S/c17-16(18,19)11-5-3-4-10(8-11)9-24-15-22-21-14-20-12-6-1-2-7-13(12)23(14)15/h1-8H,9H2,(H,20,21). The van der Waals surface area contributed by atoms with E-state index in [0.29, 0.717) is 22.3 Å². The summed E-state index contributed by atoms with van der Waals surface area (Å²) in [4.78, 5) is 4.42. The molecule has 0 aliphatic heterocycles. The molecule has 0 bridgehead atoms. The number of benzene rings is 2. The van der Waals surface area contributed by atoms with Crippen molar-refractivity contribution in [2.45, 2.75) is 17.1 Å². The van der Waals surface area contributed by atoms with Gasteiger partial charge < -0.3 is 0 Å². The minimum absolute atomic E-state index is 0.385. The monoisotopic (exact) mass is 348 g/mol. The highest BCUT2D eigenvalue weighted by Gasteiger charge is 2.30. The second-order valence-corrected chi connectivity index (χ2v) is 6.20. The molecule has 4 aromatic rings. The molecule has 122 valence electrons. The molecule has 8 heteroatoms. The molecule has 0 amide bonds. The lowest BCUT2D eigenvalue weighted by Crippen LogP contribution is -2.04. The van der Waals surface area contributed by atoms with Crippen LogP contribution in [0, 0.1) is 0 Å².